The predicted octanol–water partition coefficient (Wildman–Crippen LogP) is 2.70. The SMILES string of the molecule is CCn1c(COC(=O)C2CCCCC2)nc2cc(S(=O)(=O)N3CCOCC3)ccc21. The summed E-state index contributed by atoms with van der Waals surface area (Å²) in [6.45, 7) is 4.26. The van der Waals surface area contributed by atoms with E-state index in [-0.39, 0.29) is 23.4 Å². The fourth-order valence-corrected chi connectivity index (χ4v) is 5.74. The van der Waals surface area contributed by atoms with E-state index < -0.39 is 10.0 Å². The van der Waals surface area contributed by atoms with Crippen LogP contribution < -0.4 is 0 Å². The molecule has 0 atom stereocenters. The Bertz CT molecular complexity index is 1010. The molecule has 1 aliphatic heterocycles. The van der Waals surface area contributed by atoms with Gasteiger partial charge in [-0.05, 0) is 38.0 Å². The number of nitrogens with zero attached hydrogens (tertiary/aromatic N) is 3. The Hall–Kier alpha value is -1.97. The molecule has 0 N–H and O–H groups in total. The van der Waals surface area contributed by atoms with E-state index in [0.29, 0.717) is 44.2 Å². The fourth-order valence-electron chi connectivity index (χ4n) is 4.31. The molecule has 0 bridgehead atoms. The van der Waals surface area contributed by atoms with E-state index in [9.17, 15) is 13.2 Å². The number of imidazole rings is 1. The first-order valence-electron chi connectivity index (χ1n) is 10.7. The highest BCUT2D eigenvalue weighted by molar-refractivity contribution is 7.89. The number of sulfonamides is 1. The lowest BCUT2D eigenvalue weighted by atomic mass is 9.89. The monoisotopic (exact) mass is 435 g/mol. The molecule has 0 radical (unpaired) electrons. The summed E-state index contributed by atoms with van der Waals surface area (Å²) in [6.07, 6.45) is 5.13. The van der Waals surface area contributed by atoms with Crippen molar-refractivity contribution in [3.63, 3.8) is 0 Å². The Balaban J connectivity index is 1.55. The van der Waals surface area contributed by atoms with Gasteiger partial charge in [-0.15, -0.1) is 0 Å². The Labute approximate surface area is 177 Å². The third-order valence-electron chi connectivity index (χ3n) is 6.00. The lowest BCUT2D eigenvalue weighted by molar-refractivity contribution is -0.151. The maximum absolute atomic E-state index is 12.9. The molecule has 0 unspecified atom stereocenters. The molecule has 0 amide bonds. The number of hydrogen-bond donors (Lipinski definition) is 0. The molecule has 4 rings (SSSR count). The predicted molar refractivity (Wildman–Crippen MR) is 111 cm³/mol. The smallest absolute Gasteiger partial charge is 0.309 e. The standard InChI is InChI=1S/C21H29N3O5S/c1-2-24-19-9-8-17(30(26,27)23-10-12-28-13-11-23)14-18(19)22-20(24)15-29-21(25)16-6-4-3-5-7-16/h8-9,14,16H,2-7,10-13,15H2,1H3. The van der Waals surface area contributed by atoms with Crippen LogP contribution in [0.15, 0.2) is 23.1 Å². The molecule has 1 aromatic heterocycles. The van der Waals surface area contributed by atoms with Gasteiger partial charge in [0.25, 0.3) is 0 Å². The number of aryl methyl sites for hydroxylation is 1. The van der Waals surface area contributed by atoms with Crippen molar-refractivity contribution in [3.8, 4) is 0 Å². The molecule has 2 aliphatic rings. The molecule has 2 heterocycles. The molecule has 2 fully saturated rings. The summed E-state index contributed by atoms with van der Waals surface area (Å²) < 4.78 is 40.1. The number of esters is 1. The number of aromatic nitrogens is 2. The number of carbonyl (C=O) groups excluding carboxylic acids is 1. The van der Waals surface area contributed by atoms with Crippen molar-refractivity contribution < 1.29 is 22.7 Å². The number of ether oxygens (including phenoxy) is 2. The van der Waals surface area contributed by atoms with Crippen LogP contribution in [0.3, 0.4) is 0 Å². The molecule has 9 heteroatoms. The van der Waals surface area contributed by atoms with Crippen molar-refractivity contribution in [2.75, 3.05) is 26.3 Å². The Morgan fingerprint density at radius 1 is 1.20 bits per heavy atom. The number of benzene rings is 1. The maximum Gasteiger partial charge on any atom is 0.309 e. The highest BCUT2D eigenvalue weighted by Crippen LogP contribution is 2.26. The third kappa shape index (κ3) is 4.24. The number of morpholine rings is 1. The quantitative estimate of drug-likeness (QED) is 0.648. The lowest BCUT2D eigenvalue weighted by Gasteiger charge is -2.26. The van der Waals surface area contributed by atoms with E-state index in [4.69, 9.17) is 9.47 Å². The molecule has 1 aromatic carbocycles. The minimum Gasteiger partial charge on any atom is -0.457 e. The zero-order chi connectivity index (χ0) is 21.1. The molecule has 1 saturated carbocycles. The van der Waals surface area contributed by atoms with Gasteiger partial charge in [0.15, 0.2) is 0 Å². The van der Waals surface area contributed by atoms with E-state index in [1.807, 2.05) is 11.5 Å². The van der Waals surface area contributed by atoms with Gasteiger partial charge in [-0.3, -0.25) is 4.79 Å². The van der Waals surface area contributed by atoms with Crippen LogP contribution in [-0.2, 0) is 37.4 Å². The van der Waals surface area contributed by atoms with Crippen LogP contribution in [0, 0.1) is 5.92 Å². The summed E-state index contributed by atoms with van der Waals surface area (Å²) in [7, 11) is -3.59. The summed E-state index contributed by atoms with van der Waals surface area (Å²) in [4.78, 5) is 17.2. The van der Waals surface area contributed by atoms with E-state index in [2.05, 4.69) is 4.98 Å². The highest BCUT2D eigenvalue weighted by atomic mass is 32.2. The number of fused-ring (bicyclic) bond motifs is 1. The second kappa shape index (κ2) is 9.03. The largest absolute Gasteiger partial charge is 0.457 e. The van der Waals surface area contributed by atoms with Gasteiger partial charge in [0.2, 0.25) is 10.0 Å². The first-order chi connectivity index (χ1) is 14.5. The Morgan fingerprint density at radius 3 is 2.63 bits per heavy atom. The maximum atomic E-state index is 12.9. The first kappa shape index (κ1) is 21.3. The summed E-state index contributed by atoms with van der Waals surface area (Å²) in [6, 6.07) is 5.02. The van der Waals surface area contributed by atoms with Crippen molar-refractivity contribution in [3.05, 3.63) is 24.0 Å². The van der Waals surface area contributed by atoms with Gasteiger partial charge in [-0.2, -0.15) is 4.31 Å². The normalized spacial score (nSPS) is 19.2. The summed E-state index contributed by atoms with van der Waals surface area (Å²) in [5, 5.41) is 0. The van der Waals surface area contributed by atoms with Crippen LogP contribution >= 0.6 is 0 Å². The zero-order valence-electron chi connectivity index (χ0n) is 17.4. The number of rotatable bonds is 6. The summed E-state index contributed by atoms with van der Waals surface area (Å²) >= 11 is 0. The van der Waals surface area contributed by atoms with Crippen LogP contribution in [0.4, 0.5) is 0 Å². The van der Waals surface area contributed by atoms with Crippen LogP contribution in [0.5, 0.6) is 0 Å². The average molecular weight is 436 g/mol. The summed E-state index contributed by atoms with van der Waals surface area (Å²) in [5.74, 6) is 0.473. The van der Waals surface area contributed by atoms with Gasteiger partial charge in [0.1, 0.15) is 12.4 Å². The van der Waals surface area contributed by atoms with Crippen molar-refractivity contribution in [1.29, 1.82) is 0 Å². The minimum atomic E-state index is -3.59. The molecule has 8 nitrogen and oxygen atoms in total. The van der Waals surface area contributed by atoms with Crippen LogP contribution in [-0.4, -0.2) is 54.5 Å². The molecule has 30 heavy (non-hydrogen) atoms. The van der Waals surface area contributed by atoms with E-state index in [1.54, 1.807) is 18.2 Å². The molecular weight excluding hydrogens is 406 g/mol. The van der Waals surface area contributed by atoms with Gasteiger partial charge in [-0.25, -0.2) is 13.4 Å². The van der Waals surface area contributed by atoms with E-state index in [0.717, 1.165) is 31.2 Å². The molecule has 0 spiro atoms. The second-order valence-corrected chi connectivity index (χ2v) is 9.82. The van der Waals surface area contributed by atoms with Gasteiger partial charge in [-0.1, -0.05) is 19.3 Å². The molecule has 164 valence electrons. The van der Waals surface area contributed by atoms with Crippen LogP contribution in [0.1, 0.15) is 44.9 Å². The second-order valence-electron chi connectivity index (χ2n) is 7.88. The Morgan fingerprint density at radius 2 is 1.93 bits per heavy atom. The van der Waals surface area contributed by atoms with E-state index in [1.165, 1.54) is 10.7 Å². The van der Waals surface area contributed by atoms with Crippen molar-refractivity contribution in [1.82, 2.24) is 13.9 Å². The topological polar surface area (TPSA) is 90.7 Å². The number of carbonyl (C=O) groups is 1. The van der Waals surface area contributed by atoms with E-state index >= 15 is 0 Å². The number of hydrogen-bond acceptors (Lipinski definition) is 6. The first-order valence-corrected chi connectivity index (χ1v) is 12.2. The van der Waals surface area contributed by atoms with Crippen LogP contribution in [0.2, 0.25) is 0 Å². The summed E-state index contributed by atoms with van der Waals surface area (Å²) in [5.41, 5.74) is 1.43. The van der Waals surface area contributed by atoms with Gasteiger partial charge in [0.05, 0.1) is 35.1 Å². The highest BCUT2D eigenvalue weighted by Gasteiger charge is 2.27. The molecule has 2 aromatic rings. The van der Waals surface area contributed by atoms with Crippen molar-refractivity contribution >= 4 is 27.0 Å². The molecule has 1 aliphatic carbocycles. The molecular formula is C21H29N3O5S. The zero-order valence-corrected chi connectivity index (χ0v) is 18.2. The third-order valence-corrected chi connectivity index (χ3v) is 7.90. The van der Waals surface area contributed by atoms with Gasteiger partial charge in [0, 0.05) is 19.6 Å². The van der Waals surface area contributed by atoms with Crippen LogP contribution in [0.25, 0.3) is 11.0 Å². The lowest BCUT2D eigenvalue weighted by Crippen LogP contribution is -2.40. The van der Waals surface area contributed by atoms with Gasteiger partial charge >= 0.3 is 5.97 Å². The Kier molecular flexibility index (Phi) is 6.40. The van der Waals surface area contributed by atoms with Gasteiger partial charge < -0.3 is 14.0 Å². The fraction of sp³-hybridized carbons (Fsp3) is 0.619. The van der Waals surface area contributed by atoms with Crippen molar-refractivity contribution in [2.24, 2.45) is 5.92 Å². The molecule has 1 saturated heterocycles. The van der Waals surface area contributed by atoms with Crippen molar-refractivity contribution in [2.45, 2.75) is 57.1 Å². The average Bonchev–Trinajstić information content (AvgIpc) is 3.15. The minimum absolute atomic E-state index is 0.0107.